The Balaban J connectivity index is 1.41. The van der Waals surface area contributed by atoms with Crippen LogP contribution >= 0.6 is 11.6 Å². The number of hydrogen-bond donors (Lipinski definition) is 0. The van der Waals surface area contributed by atoms with E-state index in [0.717, 1.165) is 47.8 Å². The number of rotatable bonds is 5. The molecule has 0 amide bonds. The Morgan fingerprint density at radius 1 is 1.18 bits per heavy atom. The summed E-state index contributed by atoms with van der Waals surface area (Å²) in [5, 5.41) is 4.76. The summed E-state index contributed by atoms with van der Waals surface area (Å²) in [7, 11) is 1.59. The number of fused-ring (bicyclic) bond motifs is 1. The normalized spacial score (nSPS) is 15.7. The number of aromatic nitrogens is 6. The van der Waals surface area contributed by atoms with Gasteiger partial charge in [0.2, 0.25) is 5.88 Å². The molecular formula is C24H22ClFN6O. The molecule has 0 aliphatic carbocycles. The quantitative estimate of drug-likeness (QED) is 0.412. The Hall–Kier alpha value is -3.52. The first kappa shape index (κ1) is 21.3. The number of aryl methyl sites for hydroxylation is 2. The highest BCUT2D eigenvalue weighted by Crippen LogP contribution is 2.34. The molecule has 0 spiro atoms. The van der Waals surface area contributed by atoms with Gasteiger partial charge in [-0.2, -0.15) is 5.10 Å². The summed E-state index contributed by atoms with van der Waals surface area (Å²) in [5.74, 6) is 1.57. The Kier molecular flexibility index (Phi) is 5.68. The Morgan fingerprint density at radius 3 is 2.82 bits per heavy atom. The van der Waals surface area contributed by atoms with E-state index >= 15 is 0 Å². The summed E-state index contributed by atoms with van der Waals surface area (Å²) in [6.07, 6.45) is 9.22. The molecule has 0 bridgehead atoms. The standard InChI is InChI=1S/C24H22ClFN6O/c1-15-13-31(14-27-15)21-9-6-17(28-24(21)33-2)7-10-22-29-23-18(4-3-11-32(23)30-22)16-5-8-20(26)19(25)12-16/h5-10,12-14,18H,3-4,11H2,1-2H3/b10-7+. The molecule has 3 aromatic heterocycles. The number of hydrogen-bond acceptors (Lipinski definition) is 5. The van der Waals surface area contributed by atoms with Gasteiger partial charge in [0.05, 0.1) is 29.8 Å². The number of imidazole rings is 1. The molecule has 7 nitrogen and oxygen atoms in total. The van der Waals surface area contributed by atoms with Crippen molar-refractivity contribution < 1.29 is 9.13 Å². The van der Waals surface area contributed by atoms with Crippen LogP contribution in [0, 0.1) is 12.7 Å². The van der Waals surface area contributed by atoms with Crippen LogP contribution in [0.3, 0.4) is 0 Å². The zero-order chi connectivity index (χ0) is 22.9. The Labute approximate surface area is 195 Å². The van der Waals surface area contributed by atoms with Gasteiger partial charge in [-0.1, -0.05) is 17.7 Å². The van der Waals surface area contributed by atoms with Crippen LogP contribution in [0.2, 0.25) is 5.02 Å². The fourth-order valence-electron chi connectivity index (χ4n) is 4.08. The van der Waals surface area contributed by atoms with Gasteiger partial charge < -0.3 is 9.30 Å². The van der Waals surface area contributed by atoms with E-state index in [1.807, 2.05) is 46.7 Å². The molecule has 168 valence electrons. The van der Waals surface area contributed by atoms with Crippen LogP contribution < -0.4 is 4.74 Å². The molecule has 9 heteroatoms. The maximum Gasteiger partial charge on any atom is 0.238 e. The molecule has 1 unspecified atom stereocenters. The molecule has 4 heterocycles. The van der Waals surface area contributed by atoms with Crippen LogP contribution in [0.15, 0.2) is 42.9 Å². The molecule has 5 rings (SSSR count). The largest absolute Gasteiger partial charge is 0.479 e. The summed E-state index contributed by atoms with van der Waals surface area (Å²) in [5.41, 5.74) is 3.40. The maximum absolute atomic E-state index is 13.6. The molecule has 0 radical (unpaired) electrons. The van der Waals surface area contributed by atoms with Gasteiger partial charge >= 0.3 is 0 Å². The van der Waals surface area contributed by atoms with Gasteiger partial charge in [0.15, 0.2) is 5.82 Å². The van der Waals surface area contributed by atoms with E-state index in [9.17, 15) is 4.39 Å². The predicted octanol–water partition coefficient (Wildman–Crippen LogP) is 5.06. The van der Waals surface area contributed by atoms with E-state index in [4.69, 9.17) is 21.3 Å². The summed E-state index contributed by atoms with van der Waals surface area (Å²) in [6.45, 7) is 2.73. The lowest BCUT2D eigenvalue weighted by atomic mass is 9.91. The van der Waals surface area contributed by atoms with Gasteiger partial charge in [-0.15, -0.1) is 0 Å². The zero-order valence-corrected chi connectivity index (χ0v) is 19.0. The van der Waals surface area contributed by atoms with Crippen molar-refractivity contribution in [1.29, 1.82) is 0 Å². The zero-order valence-electron chi connectivity index (χ0n) is 18.2. The molecule has 1 aliphatic heterocycles. The average molecular weight is 465 g/mol. The average Bonchev–Trinajstić information content (AvgIpc) is 3.45. The second-order valence-electron chi connectivity index (χ2n) is 7.94. The van der Waals surface area contributed by atoms with Crippen LogP contribution in [-0.4, -0.2) is 36.4 Å². The van der Waals surface area contributed by atoms with Gasteiger partial charge in [0.1, 0.15) is 17.3 Å². The molecule has 0 saturated heterocycles. The van der Waals surface area contributed by atoms with E-state index in [-0.39, 0.29) is 10.9 Å². The van der Waals surface area contributed by atoms with Crippen LogP contribution in [0.5, 0.6) is 5.88 Å². The fourth-order valence-corrected chi connectivity index (χ4v) is 4.27. The van der Waals surface area contributed by atoms with E-state index in [1.165, 1.54) is 6.07 Å². The Bertz CT molecular complexity index is 1340. The van der Waals surface area contributed by atoms with Crippen molar-refractivity contribution >= 4 is 23.8 Å². The topological polar surface area (TPSA) is 70.7 Å². The molecule has 0 fully saturated rings. The highest BCUT2D eigenvalue weighted by Gasteiger charge is 2.26. The minimum absolute atomic E-state index is 0.0302. The maximum atomic E-state index is 13.6. The molecule has 0 N–H and O–H groups in total. The number of ether oxygens (including phenoxy) is 1. The monoisotopic (exact) mass is 464 g/mol. The van der Waals surface area contributed by atoms with Crippen LogP contribution in [0.25, 0.3) is 17.8 Å². The van der Waals surface area contributed by atoms with Gasteiger partial charge in [0.25, 0.3) is 0 Å². The summed E-state index contributed by atoms with van der Waals surface area (Å²) < 4.78 is 22.9. The molecule has 4 aromatic rings. The Morgan fingerprint density at radius 2 is 2.06 bits per heavy atom. The van der Waals surface area contributed by atoms with Crippen molar-refractivity contribution in [3.8, 4) is 11.6 Å². The van der Waals surface area contributed by atoms with Gasteiger partial charge in [0, 0.05) is 18.7 Å². The first-order valence-corrected chi connectivity index (χ1v) is 11.0. The van der Waals surface area contributed by atoms with Crippen molar-refractivity contribution in [2.24, 2.45) is 0 Å². The van der Waals surface area contributed by atoms with Crippen molar-refractivity contribution in [3.05, 3.63) is 82.3 Å². The van der Waals surface area contributed by atoms with E-state index in [0.29, 0.717) is 11.7 Å². The second kappa shape index (κ2) is 8.78. The lowest BCUT2D eigenvalue weighted by molar-refractivity contribution is 0.395. The summed E-state index contributed by atoms with van der Waals surface area (Å²) in [4.78, 5) is 13.6. The third-order valence-electron chi connectivity index (χ3n) is 5.69. The van der Waals surface area contributed by atoms with E-state index in [1.54, 1.807) is 25.6 Å². The fraction of sp³-hybridized carbons (Fsp3) is 0.250. The molecule has 1 atom stereocenters. The van der Waals surface area contributed by atoms with Crippen LogP contribution in [0.4, 0.5) is 4.39 Å². The summed E-state index contributed by atoms with van der Waals surface area (Å²) in [6, 6.07) is 8.70. The molecule has 1 aromatic carbocycles. The van der Waals surface area contributed by atoms with Crippen molar-refractivity contribution in [3.63, 3.8) is 0 Å². The third-order valence-corrected chi connectivity index (χ3v) is 5.97. The number of benzene rings is 1. The minimum Gasteiger partial charge on any atom is -0.479 e. The van der Waals surface area contributed by atoms with Gasteiger partial charge in [-0.3, -0.25) is 0 Å². The van der Waals surface area contributed by atoms with E-state index < -0.39 is 5.82 Å². The SMILES string of the molecule is COc1nc(/C=C/c2nc3n(n2)CCCC3c2ccc(F)c(Cl)c2)ccc1-n1cnc(C)c1. The molecular weight excluding hydrogens is 443 g/mol. The highest BCUT2D eigenvalue weighted by atomic mass is 35.5. The van der Waals surface area contributed by atoms with Crippen LogP contribution in [-0.2, 0) is 6.54 Å². The lowest BCUT2D eigenvalue weighted by Gasteiger charge is -2.22. The number of halogens is 2. The number of nitrogens with zero attached hydrogens (tertiary/aromatic N) is 6. The van der Waals surface area contributed by atoms with Crippen molar-refractivity contribution in [2.75, 3.05) is 7.11 Å². The summed E-state index contributed by atoms with van der Waals surface area (Å²) >= 11 is 6.01. The highest BCUT2D eigenvalue weighted by molar-refractivity contribution is 6.30. The van der Waals surface area contributed by atoms with Crippen LogP contribution in [0.1, 0.15) is 47.4 Å². The lowest BCUT2D eigenvalue weighted by Crippen LogP contribution is -2.18. The second-order valence-corrected chi connectivity index (χ2v) is 8.35. The first-order chi connectivity index (χ1) is 16.0. The number of methoxy groups -OCH3 is 1. The van der Waals surface area contributed by atoms with Gasteiger partial charge in [-0.05, 0) is 61.7 Å². The van der Waals surface area contributed by atoms with E-state index in [2.05, 4.69) is 15.1 Å². The third kappa shape index (κ3) is 4.26. The van der Waals surface area contributed by atoms with Gasteiger partial charge in [-0.25, -0.2) is 24.0 Å². The van der Waals surface area contributed by atoms with Crippen molar-refractivity contribution in [2.45, 2.75) is 32.2 Å². The smallest absolute Gasteiger partial charge is 0.238 e. The minimum atomic E-state index is -0.418. The first-order valence-electron chi connectivity index (χ1n) is 10.7. The molecule has 33 heavy (non-hydrogen) atoms. The molecule has 0 saturated carbocycles. The van der Waals surface area contributed by atoms with Crippen molar-refractivity contribution in [1.82, 2.24) is 29.3 Å². The predicted molar refractivity (Wildman–Crippen MR) is 124 cm³/mol. The number of pyridine rings is 1. The molecule has 1 aliphatic rings.